The Morgan fingerprint density at radius 1 is 1.00 bits per heavy atom. The summed E-state index contributed by atoms with van der Waals surface area (Å²) in [6.07, 6.45) is 12.3. The highest BCUT2D eigenvalue weighted by Gasteiger charge is 2.40. The van der Waals surface area contributed by atoms with Gasteiger partial charge in [-0.2, -0.15) is 0 Å². The molecule has 120 valence electrons. The Labute approximate surface area is 127 Å². The van der Waals surface area contributed by atoms with Gasteiger partial charge in [0.05, 0.1) is 23.7 Å². The largest absolute Gasteiger partial charge is 0.481 e. The minimum absolute atomic E-state index is 0.0967. The summed E-state index contributed by atoms with van der Waals surface area (Å²) in [7, 11) is 0. The van der Waals surface area contributed by atoms with Crippen molar-refractivity contribution in [2.75, 3.05) is 6.61 Å². The molecule has 0 aromatic heterocycles. The minimum atomic E-state index is -0.638. The Morgan fingerprint density at radius 2 is 1.71 bits per heavy atom. The first-order chi connectivity index (χ1) is 10.2. The average Bonchev–Trinajstić information content (AvgIpc) is 2.49. The standard InChI is InChI=1S/C17H28O4/c18-16(19)13-4-6-14(7-5-13)21-15-8-11-20-17(12-15)9-2-1-3-10-17/h13-15H,1-12H2,(H,18,19). The van der Waals surface area contributed by atoms with Gasteiger partial charge in [0.15, 0.2) is 0 Å². The number of ether oxygens (including phenoxy) is 2. The third-order valence-corrected chi connectivity index (χ3v) is 5.62. The molecule has 0 amide bonds. The fourth-order valence-corrected chi connectivity index (χ4v) is 4.36. The maximum absolute atomic E-state index is 11.0. The van der Waals surface area contributed by atoms with Crippen molar-refractivity contribution in [2.24, 2.45) is 5.92 Å². The van der Waals surface area contributed by atoms with Crippen molar-refractivity contribution in [1.29, 1.82) is 0 Å². The first kappa shape index (κ1) is 15.3. The van der Waals surface area contributed by atoms with Crippen LogP contribution < -0.4 is 0 Å². The van der Waals surface area contributed by atoms with E-state index in [2.05, 4.69) is 0 Å². The normalized spacial score (nSPS) is 36.5. The lowest BCUT2D eigenvalue weighted by molar-refractivity contribution is -0.165. The van der Waals surface area contributed by atoms with E-state index in [4.69, 9.17) is 14.6 Å². The smallest absolute Gasteiger partial charge is 0.306 e. The van der Waals surface area contributed by atoms with E-state index in [0.717, 1.165) is 45.1 Å². The maximum Gasteiger partial charge on any atom is 0.306 e. The van der Waals surface area contributed by atoms with Crippen LogP contribution in [0.3, 0.4) is 0 Å². The second kappa shape index (κ2) is 6.66. The zero-order chi connectivity index (χ0) is 14.7. The molecular formula is C17H28O4. The monoisotopic (exact) mass is 296 g/mol. The summed E-state index contributed by atoms with van der Waals surface area (Å²) in [6, 6.07) is 0. The van der Waals surface area contributed by atoms with Gasteiger partial charge in [-0.05, 0) is 44.9 Å². The fourth-order valence-electron chi connectivity index (χ4n) is 4.36. The highest BCUT2D eigenvalue weighted by molar-refractivity contribution is 5.70. The SMILES string of the molecule is O=C(O)C1CCC(OC2CCOC3(CCCCC3)C2)CC1. The van der Waals surface area contributed by atoms with Crippen molar-refractivity contribution >= 4 is 5.97 Å². The van der Waals surface area contributed by atoms with E-state index < -0.39 is 5.97 Å². The summed E-state index contributed by atoms with van der Waals surface area (Å²) in [5, 5.41) is 9.05. The van der Waals surface area contributed by atoms with Crippen LogP contribution in [0, 0.1) is 5.92 Å². The molecule has 4 heteroatoms. The summed E-state index contributed by atoms with van der Waals surface area (Å²) in [4.78, 5) is 11.0. The van der Waals surface area contributed by atoms with Gasteiger partial charge >= 0.3 is 5.97 Å². The molecule has 3 aliphatic rings. The van der Waals surface area contributed by atoms with Crippen molar-refractivity contribution < 1.29 is 19.4 Å². The molecule has 0 aromatic rings. The third-order valence-electron chi connectivity index (χ3n) is 5.62. The van der Waals surface area contributed by atoms with E-state index in [1.807, 2.05) is 0 Å². The first-order valence-electron chi connectivity index (χ1n) is 8.69. The summed E-state index contributed by atoms with van der Waals surface area (Å²) in [5.74, 6) is -0.787. The molecule has 1 aliphatic heterocycles. The number of carboxylic acids is 1. The maximum atomic E-state index is 11.0. The summed E-state index contributed by atoms with van der Waals surface area (Å²) in [5.41, 5.74) is 0.0967. The molecule has 4 nitrogen and oxygen atoms in total. The van der Waals surface area contributed by atoms with E-state index >= 15 is 0 Å². The van der Waals surface area contributed by atoms with E-state index in [1.165, 1.54) is 32.1 Å². The molecule has 21 heavy (non-hydrogen) atoms. The van der Waals surface area contributed by atoms with Gasteiger partial charge in [0.25, 0.3) is 0 Å². The quantitative estimate of drug-likeness (QED) is 0.865. The Bertz CT molecular complexity index is 348. The van der Waals surface area contributed by atoms with E-state index in [-0.39, 0.29) is 17.6 Å². The van der Waals surface area contributed by atoms with Crippen LogP contribution in [0.5, 0.6) is 0 Å². The lowest BCUT2D eigenvalue weighted by Gasteiger charge is -2.44. The van der Waals surface area contributed by atoms with Gasteiger partial charge < -0.3 is 14.6 Å². The second-order valence-electron chi connectivity index (χ2n) is 7.15. The molecule has 3 rings (SSSR count). The zero-order valence-corrected chi connectivity index (χ0v) is 12.9. The molecule has 1 saturated heterocycles. The molecule has 1 atom stereocenters. The number of hydrogen-bond donors (Lipinski definition) is 1. The molecule has 1 spiro atoms. The number of hydrogen-bond acceptors (Lipinski definition) is 3. The average molecular weight is 296 g/mol. The molecule has 0 aromatic carbocycles. The first-order valence-corrected chi connectivity index (χ1v) is 8.69. The van der Waals surface area contributed by atoms with Crippen molar-refractivity contribution in [3.8, 4) is 0 Å². The molecular weight excluding hydrogens is 268 g/mol. The summed E-state index contributed by atoms with van der Waals surface area (Å²) >= 11 is 0. The third kappa shape index (κ3) is 3.78. The molecule has 2 aliphatic carbocycles. The number of rotatable bonds is 3. The van der Waals surface area contributed by atoms with Crippen LogP contribution in [0.25, 0.3) is 0 Å². The molecule has 1 heterocycles. The Balaban J connectivity index is 1.48. The number of carboxylic acid groups (broad SMARTS) is 1. The van der Waals surface area contributed by atoms with Gasteiger partial charge in [-0.1, -0.05) is 19.3 Å². The van der Waals surface area contributed by atoms with Gasteiger partial charge in [0.1, 0.15) is 0 Å². The zero-order valence-electron chi connectivity index (χ0n) is 12.9. The molecule has 3 fully saturated rings. The van der Waals surface area contributed by atoms with Crippen molar-refractivity contribution in [1.82, 2.24) is 0 Å². The van der Waals surface area contributed by atoms with E-state index in [0.29, 0.717) is 6.10 Å². The van der Waals surface area contributed by atoms with Gasteiger partial charge in [-0.25, -0.2) is 0 Å². The molecule has 0 bridgehead atoms. The van der Waals surface area contributed by atoms with Crippen LogP contribution in [0.1, 0.15) is 70.6 Å². The van der Waals surface area contributed by atoms with Crippen LogP contribution in [0.2, 0.25) is 0 Å². The Hall–Kier alpha value is -0.610. The topological polar surface area (TPSA) is 55.8 Å². The Kier molecular flexibility index (Phi) is 4.85. The lowest BCUT2D eigenvalue weighted by Crippen LogP contribution is -2.45. The molecule has 2 saturated carbocycles. The van der Waals surface area contributed by atoms with Crippen LogP contribution in [-0.4, -0.2) is 35.5 Å². The van der Waals surface area contributed by atoms with Crippen LogP contribution in [0.4, 0.5) is 0 Å². The van der Waals surface area contributed by atoms with E-state index in [1.54, 1.807) is 0 Å². The minimum Gasteiger partial charge on any atom is -0.481 e. The lowest BCUT2D eigenvalue weighted by atomic mass is 9.79. The summed E-state index contributed by atoms with van der Waals surface area (Å²) in [6.45, 7) is 0.829. The molecule has 1 N–H and O–H groups in total. The number of carbonyl (C=O) groups is 1. The van der Waals surface area contributed by atoms with Gasteiger partial charge in [-0.15, -0.1) is 0 Å². The highest BCUT2D eigenvalue weighted by atomic mass is 16.5. The van der Waals surface area contributed by atoms with Crippen molar-refractivity contribution in [2.45, 2.75) is 88.4 Å². The highest BCUT2D eigenvalue weighted by Crippen LogP contribution is 2.40. The second-order valence-corrected chi connectivity index (χ2v) is 7.15. The molecule has 1 unspecified atom stereocenters. The summed E-state index contributed by atoms with van der Waals surface area (Å²) < 4.78 is 12.4. The fraction of sp³-hybridized carbons (Fsp3) is 0.941. The van der Waals surface area contributed by atoms with Gasteiger partial charge in [0.2, 0.25) is 0 Å². The predicted octanol–water partition coefficient (Wildman–Crippen LogP) is 3.53. The van der Waals surface area contributed by atoms with Crippen LogP contribution in [0.15, 0.2) is 0 Å². The van der Waals surface area contributed by atoms with Crippen molar-refractivity contribution in [3.05, 3.63) is 0 Å². The number of aliphatic carboxylic acids is 1. The van der Waals surface area contributed by atoms with E-state index in [9.17, 15) is 4.79 Å². The molecule has 0 radical (unpaired) electrons. The van der Waals surface area contributed by atoms with Crippen molar-refractivity contribution in [3.63, 3.8) is 0 Å². The van der Waals surface area contributed by atoms with Gasteiger partial charge in [-0.3, -0.25) is 4.79 Å². The van der Waals surface area contributed by atoms with Crippen LogP contribution >= 0.6 is 0 Å². The van der Waals surface area contributed by atoms with Crippen LogP contribution in [-0.2, 0) is 14.3 Å². The van der Waals surface area contributed by atoms with Gasteiger partial charge in [0, 0.05) is 13.0 Å². The Morgan fingerprint density at radius 3 is 2.38 bits per heavy atom. The predicted molar refractivity (Wildman–Crippen MR) is 79.3 cm³/mol.